The van der Waals surface area contributed by atoms with Crippen molar-refractivity contribution in [2.75, 3.05) is 23.3 Å². The lowest BCUT2D eigenvalue weighted by Gasteiger charge is -2.20. The number of rotatable bonds is 3. The van der Waals surface area contributed by atoms with E-state index in [1.165, 1.54) is 11.3 Å². The van der Waals surface area contributed by atoms with Gasteiger partial charge in [0.2, 0.25) is 0 Å². The highest BCUT2D eigenvalue weighted by Crippen LogP contribution is 2.35. The number of aromatic nitrogens is 3. The molecule has 0 unspecified atom stereocenters. The van der Waals surface area contributed by atoms with E-state index in [1.807, 2.05) is 23.0 Å². The molecule has 0 amide bonds. The Bertz CT molecular complexity index is 792. The Labute approximate surface area is 123 Å². The molecule has 0 saturated carbocycles. The summed E-state index contributed by atoms with van der Waals surface area (Å²) >= 11 is 0. The molecule has 1 aromatic carbocycles. The Morgan fingerprint density at radius 2 is 2.19 bits per heavy atom. The number of imidazole rings is 1. The average molecular weight is 279 g/mol. The summed E-state index contributed by atoms with van der Waals surface area (Å²) < 4.78 is 2.03. The molecular formula is C16H17N5. The van der Waals surface area contributed by atoms with Crippen LogP contribution in [0.2, 0.25) is 0 Å². The number of anilines is 3. The predicted molar refractivity (Wildman–Crippen MR) is 84.3 cm³/mol. The molecule has 0 atom stereocenters. The van der Waals surface area contributed by atoms with Gasteiger partial charge in [-0.3, -0.25) is 0 Å². The lowest BCUT2D eigenvalue weighted by atomic mass is 10.2. The van der Waals surface area contributed by atoms with Gasteiger partial charge in [-0.2, -0.15) is 0 Å². The second-order valence-corrected chi connectivity index (χ2v) is 5.17. The normalized spacial score (nSPS) is 13.7. The van der Waals surface area contributed by atoms with Gasteiger partial charge in [-0.1, -0.05) is 18.2 Å². The topological polar surface area (TPSA) is 45.5 Å². The number of nitrogens with one attached hydrogen (secondary N) is 1. The van der Waals surface area contributed by atoms with E-state index in [9.17, 15) is 0 Å². The number of benzene rings is 1. The summed E-state index contributed by atoms with van der Waals surface area (Å²) in [6.07, 6.45) is 6.81. The highest BCUT2D eigenvalue weighted by atomic mass is 15.3. The third-order valence-electron chi connectivity index (χ3n) is 3.86. The minimum atomic E-state index is 0.850. The second-order valence-electron chi connectivity index (χ2n) is 5.17. The summed E-state index contributed by atoms with van der Waals surface area (Å²) in [5, 5.41) is 3.29. The van der Waals surface area contributed by atoms with E-state index < -0.39 is 0 Å². The van der Waals surface area contributed by atoms with Gasteiger partial charge in [-0.05, 0) is 25.0 Å². The molecular weight excluding hydrogens is 262 g/mol. The second kappa shape index (κ2) is 4.77. The summed E-state index contributed by atoms with van der Waals surface area (Å²) in [7, 11) is 0. The SMILES string of the molecule is CCNc1cn2ccnc2c(N2CCc3ccccc32)n1. The van der Waals surface area contributed by atoms with E-state index in [0.29, 0.717) is 0 Å². The van der Waals surface area contributed by atoms with Crippen LogP contribution in [0.5, 0.6) is 0 Å². The van der Waals surface area contributed by atoms with Crippen LogP contribution in [0.4, 0.5) is 17.3 Å². The van der Waals surface area contributed by atoms with E-state index in [4.69, 9.17) is 4.98 Å². The minimum Gasteiger partial charge on any atom is -0.369 e. The number of para-hydroxylation sites is 1. The fourth-order valence-corrected chi connectivity index (χ4v) is 2.92. The summed E-state index contributed by atoms with van der Waals surface area (Å²) in [5.41, 5.74) is 3.51. The van der Waals surface area contributed by atoms with Gasteiger partial charge in [0, 0.05) is 31.2 Å². The lowest BCUT2D eigenvalue weighted by Crippen LogP contribution is -2.17. The zero-order valence-electron chi connectivity index (χ0n) is 12.0. The molecule has 106 valence electrons. The van der Waals surface area contributed by atoms with E-state index >= 15 is 0 Å². The van der Waals surface area contributed by atoms with E-state index in [-0.39, 0.29) is 0 Å². The van der Waals surface area contributed by atoms with Crippen molar-refractivity contribution >= 4 is 23.0 Å². The van der Waals surface area contributed by atoms with Crippen molar-refractivity contribution in [2.45, 2.75) is 13.3 Å². The summed E-state index contributed by atoms with van der Waals surface area (Å²) in [4.78, 5) is 11.5. The number of nitrogens with zero attached hydrogens (tertiary/aromatic N) is 4. The zero-order valence-corrected chi connectivity index (χ0v) is 12.0. The fourth-order valence-electron chi connectivity index (χ4n) is 2.92. The van der Waals surface area contributed by atoms with Gasteiger partial charge in [0.1, 0.15) is 5.82 Å². The molecule has 5 nitrogen and oxygen atoms in total. The molecule has 4 rings (SSSR count). The van der Waals surface area contributed by atoms with Crippen LogP contribution in [0.3, 0.4) is 0 Å². The molecule has 0 radical (unpaired) electrons. The lowest BCUT2D eigenvalue weighted by molar-refractivity contribution is 0.961. The number of hydrogen-bond donors (Lipinski definition) is 1. The quantitative estimate of drug-likeness (QED) is 0.800. The molecule has 0 bridgehead atoms. The summed E-state index contributed by atoms with van der Waals surface area (Å²) in [6.45, 7) is 3.87. The third-order valence-corrected chi connectivity index (χ3v) is 3.86. The van der Waals surface area contributed by atoms with Gasteiger partial charge < -0.3 is 14.6 Å². The van der Waals surface area contributed by atoms with Gasteiger partial charge in [0.05, 0.1) is 6.20 Å². The number of hydrogen-bond acceptors (Lipinski definition) is 4. The Hall–Kier alpha value is -2.56. The van der Waals surface area contributed by atoms with Gasteiger partial charge in [0.25, 0.3) is 0 Å². The van der Waals surface area contributed by atoms with Gasteiger partial charge >= 0.3 is 0 Å². The van der Waals surface area contributed by atoms with Crippen LogP contribution in [0, 0.1) is 0 Å². The van der Waals surface area contributed by atoms with Crippen molar-refractivity contribution in [3.05, 3.63) is 48.4 Å². The maximum atomic E-state index is 4.78. The molecule has 0 fully saturated rings. The molecule has 0 saturated heterocycles. The monoisotopic (exact) mass is 279 g/mol. The first-order valence-electron chi connectivity index (χ1n) is 7.30. The van der Waals surface area contributed by atoms with Crippen molar-refractivity contribution in [3.63, 3.8) is 0 Å². The number of fused-ring (bicyclic) bond motifs is 2. The predicted octanol–water partition coefficient (Wildman–Crippen LogP) is 2.86. The van der Waals surface area contributed by atoms with Crippen LogP contribution >= 0.6 is 0 Å². The summed E-state index contributed by atoms with van der Waals surface area (Å²) in [5.74, 6) is 1.80. The van der Waals surface area contributed by atoms with Gasteiger partial charge in [-0.25, -0.2) is 9.97 Å². The van der Waals surface area contributed by atoms with Crippen molar-refractivity contribution in [1.29, 1.82) is 0 Å². The van der Waals surface area contributed by atoms with Crippen molar-refractivity contribution in [2.24, 2.45) is 0 Å². The standard InChI is InChI=1S/C16H17N5/c1-2-17-14-11-20-10-8-18-15(20)16(19-14)21-9-7-12-5-3-4-6-13(12)21/h3-6,8,10-11,17H,2,7,9H2,1H3. The Morgan fingerprint density at radius 3 is 3.10 bits per heavy atom. The largest absolute Gasteiger partial charge is 0.369 e. The van der Waals surface area contributed by atoms with Crippen molar-refractivity contribution < 1.29 is 0 Å². The van der Waals surface area contributed by atoms with Crippen LogP contribution in [0.25, 0.3) is 5.65 Å². The van der Waals surface area contributed by atoms with E-state index in [0.717, 1.165) is 36.8 Å². The molecule has 0 aliphatic carbocycles. The smallest absolute Gasteiger partial charge is 0.180 e. The van der Waals surface area contributed by atoms with Gasteiger partial charge in [0.15, 0.2) is 11.5 Å². The maximum absolute atomic E-state index is 4.78. The molecule has 0 spiro atoms. The average Bonchev–Trinajstić information content (AvgIpc) is 3.13. The molecule has 5 heteroatoms. The van der Waals surface area contributed by atoms with Crippen LogP contribution < -0.4 is 10.2 Å². The van der Waals surface area contributed by atoms with Crippen LogP contribution in [-0.4, -0.2) is 27.5 Å². The molecule has 1 aliphatic heterocycles. The minimum absolute atomic E-state index is 0.850. The molecule has 1 N–H and O–H groups in total. The van der Waals surface area contributed by atoms with Crippen LogP contribution in [0.1, 0.15) is 12.5 Å². The maximum Gasteiger partial charge on any atom is 0.180 e. The van der Waals surface area contributed by atoms with E-state index in [1.54, 1.807) is 0 Å². The molecule has 3 aromatic rings. The van der Waals surface area contributed by atoms with Crippen LogP contribution in [-0.2, 0) is 6.42 Å². The highest BCUT2D eigenvalue weighted by Gasteiger charge is 2.23. The van der Waals surface area contributed by atoms with E-state index in [2.05, 4.69) is 46.4 Å². The molecule has 2 aromatic heterocycles. The molecule has 21 heavy (non-hydrogen) atoms. The van der Waals surface area contributed by atoms with Gasteiger partial charge in [-0.15, -0.1) is 0 Å². The van der Waals surface area contributed by atoms with Crippen molar-refractivity contribution in [1.82, 2.24) is 14.4 Å². The summed E-state index contributed by atoms with van der Waals surface area (Å²) in [6, 6.07) is 8.51. The Balaban J connectivity index is 1.88. The highest BCUT2D eigenvalue weighted by molar-refractivity contribution is 5.77. The first-order valence-corrected chi connectivity index (χ1v) is 7.30. The zero-order chi connectivity index (χ0) is 14.2. The fraction of sp³-hybridized carbons (Fsp3) is 0.250. The Morgan fingerprint density at radius 1 is 1.29 bits per heavy atom. The van der Waals surface area contributed by atoms with Crippen molar-refractivity contribution in [3.8, 4) is 0 Å². The molecule has 1 aliphatic rings. The Kier molecular flexibility index (Phi) is 2.77. The van der Waals surface area contributed by atoms with Crippen LogP contribution in [0.15, 0.2) is 42.9 Å². The first-order chi connectivity index (χ1) is 10.4. The first kappa shape index (κ1) is 12.2. The molecule has 3 heterocycles. The third kappa shape index (κ3) is 1.93.